The van der Waals surface area contributed by atoms with Crippen LogP contribution in [0.25, 0.3) is 33.3 Å². The van der Waals surface area contributed by atoms with Crippen LogP contribution in [-0.2, 0) is 0 Å². The van der Waals surface area contributed by atoms with Crippen molar-refractivity contribution in [1.29, 1.82) is 0 Å². The molecule has 2 atom stereocenters. The molecule has 2 bridgehead atoms. The summed E-state index contributed by atoms with van der Waals surface area (Å²) in [6, 6.07) is 9.16. The molecule has 29 heavy (non-hydrogen) atoms. The molecule has 0 radical (unpaired) electrons. The highest BCUT2D eigenvalue weighted by atomic mass is 16.5. The van der Waals surface area contributed by atoms with E-state index in [0.29, 0.717) is 18.0 Å². The van der Waals surface area contributed by atoms with Gasteiger partial charge in [-0.05, 0) is 43.4 Å². The van der Waals surface area contributed by atoms with E-state index in [4.69, 9.17) is 4.74 Å². The number of aromatic amines is 2. The third-order valence-electron chi connectivity index (χ3n) is 6.06. The molecule has 2 fully saturated rings. The summed E-state index contributed by atoms with van der Waals surface area (Å²) in [5.41, 5.74) is 4.77. The fourth-order valence-electron chi connectivity index (χ4n) is 4.70. The average Bonchev–Trinajstić information content (AvgIpc) is 3.49. The van der Waals surface area contributed by atoms with Gasteiger partial charge in [0.05, 0.1) is 23.6 Å². The minimum Gasteiger partial charge on any atom is -0.473 e. The predicted molar refractivity (Wildman–Crippen MR) is 108 cm³/mol. The number of fused-ring (bicyclic) bond motifs is 3. The van der Waals surface area contributed by atoms with Crippen LogP contribution in [0.2, 0.25) is 0 Å². The van der Waals surface area contributed by atoms with Crippen LogP contribution in [0.3, 0.4) is 0 Å². The maximum absolute atomic E-state index is 6.12. The highest BCUT2D eigenvalue weighted by Crippen LogP contribution is 2.34. The van der Waals surface area contributed by atoms with Crippen molar-refractivity contribution >= 4 is 10.9 Å². The Morgan fingerprint density at radius 1 is 0.897 bits per heavy atom. The first kappa shape index (κ1) is 16.7. The molecule has 146 valence electrons. The van der Waals surface area contributed by atoms with Crippen LogP contribution in [-0.4, -0.2) is 48.8 Å². The van der Waals surface area contributed by atoms with Gasteiger partial charge in [-0.3, -0.25) is 10.2 Å². The lowest BCUT2D eigenvalue weighted by Gasteiger charge is -2.28. The number of benzene rings is 1. The van der Waals surface area contributed by atoms with E-state index < -0.39 is 0 Å². The normalized spacial score (nSPS) is 23.5. The highest BCUT2D eigenvalue weighted by Gasteiger charge is 2.34. The fourth-order valence-corrected chi connectivity index (χ4v) is 4.70. The molecule has 2 saturated heterocycles. The van der Waals surface area contributed by atoms with Gasteiger partial charge < -0.3 is 10.1 Å². The number of piperidine rings is 1. The summed E-state index contributed by atoms with van der Waals surface area (Å²) < 4.78 is 6.12. The van der Waals surface area contributed by atoms with Crippen LogP contribution in [0.4, 0.5) is 0 Å². The highest BCUT2D eigenvalue weighted by molar-refractivity contribution is 6.01. The van der Waals surface area contributed by atoms with E-state index in [1.165, 1.54) is 12.8 Å². The van der Waals surface area contributed by atoms with Crippen LogP contribution in [0.5, 0.6) is 5.88 Å². The number of aromatic nitrogens is 6. The van der Waals surface area contributed by atoms with Crippen molar-refractivity contribution in [3.05, 3.63) is 42.9 Å². The summed E-state index contributed by atoms with van der Waals surface area (Å²) in [6.45, 7) is 0. The van der Waals surface area contributed by atoms with E-state index in [1.54, 1.807) is 6.20 Å². The number of rotatable bonds is 4. The van der Waals surface area contributed by atoms with Crippen molar-refractivity contribution in [3.8, 4) is 28.3 Å². The van der Waals surface area contributed by atoms with Gasteiger partial charge in [0, 0.05) is 40.9 Å². The molecule has 0 aliphatic carbocycles. The van der Waals surface area contributed by atoms with Crippen LogP contribution >= 0.6 is 0 Å². The molecule has 0 saturated carbocycles. The van der Waals surface area contributed by atoms with E-state index in [2.05, 4.69) is 42.0 Å². The SMILES string of the molecule is c1n[nH]cc1-c1ccc(-c2ccc(OC3CC4CCC(C3)N4)nn2)c2[nH]ncc12. The lowest BCUT2D eigenvalue weighted by atomic mass is 10.0. The predicted octanol–water partition coefficient (Wildman–Crippen LogP) is 3.07. The van der Waals surface area contributed by atoms with E-state index in [9.17, 15) is 0 Å². The summed E-state index contributed by atoms with van der Waals surface area (Å²) in [6.07, 6.45) is 10.3. The van der Waals surface area contributed by atoms with E-state index in [-0.39, 0.29) is 6.10 Å². The molecular weight excluding hydrogens is 366 g/mol. The molecule has 5 heterocycles. The third-order valence-corrected chi connectivity index (χ3v) is 6.06. The second-order valence-electron chi connectivity index (χ2n) is 7.91. The molecule has 0 amide bonds. The summed E-state index contributed by atoms with van der Waals surface area (Å²) in [7, 11) is 0. The average molecular weight is 387 g/mol. The molecule has 4 aromatic rings. The van der Waals surface area contributed by atoms with Gasteiger partial charge >= 0.3 is 0 Å². The van der Waals surface area contributed by atoms with Crippen molar-refractivity contribution < 1.29 is 4.74 Å². The Labute approximate surface area is 167 Å². The summed E-state index contributed by atoms with van der Waals surface area (Å²) in [5, 5.41) is 27.7. The monoisotopic (exact) mass is 387 g/mol. The number of nitrogens with one attached hydrogen (secondary N) is 3. The summed E-state index contributed by atoms with van der Waals surface area (Å²) in [4.78, 5) is 0. The molecule has 3 N–H and O–H groups in total. The van der Waals surface area contributed by atoms with Crippen molar-refractivity contribution in [3.63, 3.8) is 0 Å². The zero-order valence-electron chi connectivity index (χ0n) is 15.8. The number of hydrogen-bond donors (Lipinski definition) is 3. The van der Waals surface area contributed by atoms with Gasteiger partial charge in [0.2, 0.25) is 5.88 Å². The lowest BCUT2D eigenvalue weighted by molar-refractivity contribution is 0.130. The van der Waals surface area contributed by atoms with Gasteiger partial charge in [0.1, 0.15) is 6.10 Å². The van der Waals surface area contributed by atoms with Crippen LogP contribution in [0.15, 0.2) is 42.9 Å². The first-order valence-corrected chi connectivity index (χ1v) is 10.1. The van der Waals surface area contributed by atoms with Crippen LogP contribution in [0.1, 0.15) is 25.7 Å². The maximum Gasteiger partial charge on any atom is 0.233 e. The summed E-state index contributed by atoms with van der Waals surface area (Å²) >= 11 is 0. The van der Waals surface area contributed by atoms with Crippen molar-refractivity contribution in [2.75, 3.05) is 0 Å². The van der Waals surface area contributed by atoms with E-state index in [0.717, 1.165) is 46.1 Å². The van der Waals surface area contributed by atoms with Gasteiger partial charge in [0.15, 0.2) is 0 Å². The van der Waals surface area contributed by atoms with Crippen molar-refractivity contribution in [2.45, 2.75) is 43.9 Å². The molecule has 2 aliphatic rings. The Morgan fingerprint density at radius 2 is 1.76 bits per heavy atom. The smallest absolute Gasteiger partial charge is 0.233 e. The Hall–Kier alpha value is -3.26. The lowest BCUT2D eigenvalue weighted by Crippen LogP contribution is -2.42. The molecule has 2 unspecified atom stereocenters. The molecule has 1 aromatic carbocycles. The molecule has 0 spiro atoms. The number of hydrogen-bond acceptors (Lipinski definition) is 6. The first-order chi connectivity index (χ1) is 14.3. The largest absolute Gasteiger partial charge is 0.473 e. The second kappa shape index (κ2) is 6.66. The van der Waals surface area contributed by atoms with Crippen LogP contribution < -0.4 is 10.1 Å². The van der Waals surface area contributed by atoms with Gasteiger partial charge in [-0.2, -0.15) is 10.2 Å². The molecule has 3 aromatic heterocycles. The Balaban J connectivity index is 1.27. The zero-order valence-corrected chi connectivity index (χ0v) is 15.8. The van der Waals surface area contributed by atoms with Crippen molar-refractivity contribution in [1.82, 2.24) is 35.9 Å². The van der Waals surface area contributed by atoms with Gasteiger partial charge in [-0.1, -0.05) is 6.07 Å². The second-order valence-corrected chi connectivity index (χ2v) is 7.91. The van der Waals surface area contributed by atoms with Gasteiger partial charge in [-0.25, -0.2) is 0 Å². The third kappa shape index (κ3) is 2.96. The molecular formula is C21H21N7O. The molecule has 2 aliphatic heterocycles. The number of nitrogens with zero attached hydrogens (tertiary/aromatic N) is 4. The molecule has 6 rings (SSSR count). The van der Waals surface area contributed by atoms with Gasteiger partial charge in [-0.15, -0.1) is 10.2 Å². The molecule has 8 nitrogen and oxygen atoms in total. The van der Waals surface area contributed by atoms with Gasteiger partial charge in [0.25, 0.3) is 0 Å². The number of ether oxygens (including phenoxy) is 1. The van der Waals surface area contributed by atoms with Crippen molar-refractivity contribution in [2.24, 2.45) is 0 Å². The Bertz CT molecular complexity index is 1120. The Kier molecular flexibility index (Phi) is 3.83. The topological polar surface area (TPSA) is 104 Å². The number of H-pyrrole nitrogens is 2. The Morgan fingerprint density at radius 3 is 2.52 bits per heavy atom. The van der Waals surface area contributed by atoms with Crippen LogP contribution in [0, 0.1) is 0 Å². The maximum atomic E-state index is 6.12. The van der Waals surface area contributed by atoms with E-state index in [1.807, 2.05) is 30.6 Å². The summed E-state index contributed by atoms with van der Waals surface area (Å²) in [5.74, 6) is 0.593. The molecule has 8 heteroatoms. The standard InChI is InChI=1S/C21H21N7O/c1-2-14-8-15(7-13(1)25-14)29-20-6-5-19(26-27-20)17-4-3-16(12-9-22-23-10-12)18-11-24-28-21(17)18/h3-6,9-11,13-15,25H,1-2,7-8H2,(H,22,23)(H,24,28). The first-order valence-electron chi connectivity index (χ1n) is 10.1. The minimum absolute atomic E-state index is 0.224. The zero-order chi connectivity index (χ0) is 19.2. The fraction of sp³-hybridized carbons (Fsp3) is 0.333. The quantitative estimate of drug-likeness (QED) is 0.497. The van der Waals surface area contributed by atoms with E-state index >= 15 is 0 Å². The minimum atomic E-state index is 0.224.